The van der Waals surface area contributed by atoms with Crippen molar-refractivity contribution in [2.75, 3.05) is 6.54 Å². The fourth-order valence-electron chi connectivity index (χ4n) is 1.55. The highest BCUT2D eigenvalue weighted by molar-refractivity contribution is 9.11. The summed E-state index contributed by atoms with van der Waals surface area (Å²) < 4.78 is 29.4. The smallest absolute Gasteiger partial charge is 0.250 e. The Bertz CT molecular complexity index is 648. The largest absolute Gasteiger partial charge is 0.272 e. The molecule has 0 aliphatic rings. The molecule has 0 amide bonds. The first-order valence-corrected chi connectivity index (χ1v) is 8.81. The van der Waals surface area contributed by atoms with E-state index in [0.717, 1.165) is 9.35 Å². The lowest BCUT2D eigenvalue weighted by molar-refractivity contribution is 0.554. The highest BCUT2D eigenvalue weighted by atomic mass is 79.9. The molecule has 2 aromatic heterocycles. The van der Waals surface area contributed by atoms with Crippen LogP contribution < -0.4 is 4.72 Å². The molecular formula is C11H14BrN3O2S2. The Morgan fingerprint density at radius 3 is 2.84 bits per heavy atom. The van der Waals surface area contributed by atoms with E-state index in [-0.39, 0.29) is 0 Å². The molecule has 2 rings (SSSR count). The SMILES string of the molecule is Cc1cnn(CCCNS(=O)(=O)c2ccc(Br)s2)c1. The van der Waals surface area contributed by atoms with Gasteiger partial charge in [0.15, 0.2) is 0 Å². The lowest BCUT2D eigenvalue weighted by atomic mass is 10.4. The van der Waals surface area contributed by atoms with Crippen LogP contribution >= 0.6 is 27.3 Å². The summed E-state index contributed by atoms with van der Waals surface area (Å²) in [5, 5.41) is 4.15. The Kier molecular flexibility index (Phi) is 4.77. The number of thiophene rings is 1. The van der Waals surface area contributed by atoms with E-state index in [1.54, 1.807) is 18.3 Å². The third kappa shape index (κ3) is 4.13. The molecule has 0 aliphatic heterocycles. The van der Waals surface area contributed by atoms with E-state index < -0.39 is 10.0 Å². The predicted molar refractivity (Wildman–Crippen MR) is 78.8 cm³/mol. The van der Waals surface area contributed by atoms with Crippen LogP contribution in [-0.4, -0.2) is 24.7 Å². The zero-order chi connectivity index (χ0) is 13.9. The third-order valence-electron chi connectivity index (χ3n) is 2.43. The van der Waals surface area contributed by atoms with Gasteiger partial charge in [-0.2, -0.15) is 5.10 Å². The second kappa shape index (κ2) is 6.17. The molecule has 104 valence electrons. The molecule has 19 heavy (non-hydrogen) atoms. The van der Waals surface area contributed by atoms with Gasteiger partial charge in [-0.25, -0.2) is 13.1 Å². The van der Waals surface area contributed by atoms with Crippen LogP contribution in [0.2, 0.25) is 0 Å². The average molecular weight is 364 g/mol. The Morgan fingerprint density at radius 2 is 2.26 bits per heavy atom. The Balaban J connectivity index is 1.82. The van der Waals surface area contributed by atoms with Crippen LogP contribution in [0.5, 0.6) is 0 Å². The lowest BCUT2D eigenvalue weighted by Crippen LogP contribution is -2.24. The van der Waals surface area contributed by atoms with Crippen molar-refractivity contribution in [3.8, 4) is 0 Å². The molecule has 2 heterocycles. The minimum absolute atomic E-state index is 0.328. The monoisotopic (exact) mass is 363 g/mol. The van der Waals surface area contributed by atoms with Gasteiger partial charge in [0, 0.05) is 19.3 Å². The minimum atomic E-state index is -3.38. The lowest BCUT2D eigenvalue weighted by Gasteiger charge is -2.04. The second-order valence-electron chi connectivity index (χ2n) is 4.09. The van der Waals surface area contributed by atoms with E-state index in [0.29, 0.717) is 23.7 Å². The molecule has 0 saturated heterocycles. The number of rotatable bonds is 6. The molecule has 2 aromatic rings. The number of nitrogens with one attached hydrogen (secondary N) is 1. The number of nitrogens with zero attached hydrogens (tertiary/aromatic N) is 2. The maximum atomic E-state index is 11.9. The van der Waals surface area contributed by atoms with Gasteiger partial charge in [-0.3, -0.25) is 4.68 Å². The van der Waals surface area contributed by atoms with E-state index in [1.807, 2.05) is 17.8 Å². The molecule has 0 spiro atoms. The average Bonchev–Trinajstić information content (AvgIpc) is 2.94. The Morgan fingerprint density at radius 1 is 1.47 bits per heavy atom. The first-order chi connectivity index (χ1) is 8.97. The molecular weight excluding hydrogens is 350 g/mol. The minimum Gasteiger partial charge on any atom is -0.272 e. The van der Waals surface area contributed by atoms with Crippen molar-refractivity contribution in [2.45, 2.75) is 24.1 Å². The molecule has 0 fully saturated rings. The highest BCUT2D eigenvalue weighted by Gasteiger charge is 2.15. The van der Waals surface area contributed by atoms with Crippen molar-refractivity contribution in [2.24, 2.45) is 0 Å². The van der Waals surface area contributed by atoms with E-state index in [2.05, 4.69) is 25.8 Å². The summed E-state index contributed by atoms with van der Waals surface area (Å²) in [5.74, 6) is 0. The fraction of sp³-hybridized carbons (Fsp3) is 0.364. The van der Waals surface area contributed by atoms with E-state index >= 15 is 0 Å². The molecule has 1 N–H and O–H groups in total. The van der Waals surface area contributed by atoms with Gasteiger partial charge < -0.3 is 0 Å². The normalized spacial score (nSPS) is 11.9. The molecule has 0 aromatic carbocycles. The predicted octanol–water partition coefficient (Wildman–Crippen LogP) is 2.38. The summed E-state index contributed by atoms with van der Waals surface area (Å²) in [6.45, 7) is 3.07. The van der Waals surface area contributed by atoms with Crippen LogP contribution in [0.3, 0.4) is 0 Å². The van der Waals surface area contributed by atoms with Gasteiger partial charge in [0.25, 0.3) is 0 Å². The number of halogens is 1. The quantitative estimate of drug-likeness (QED) is 0.801. The first kappa shape index (κ1) is 14.7. The number of sulfonamides is 1. The molecule has 0 bridgehead atoms. The van der Waals surface area contributed by atoms with Gasteiger partial charge in [-0.1, -0.05) is 0 Å². The van der Waals surface area contributed by atoms with Crippen molar-refractivity contribution < 1.29 is 8.42 Å². The van der Waals surface area contributed by atoms with Crippen molar-refractivity contribution in [1.29, 1.82) is 0 Å². The summed E-state index contributed by atoms with van der Waals surface area (Å²) in [7, 11) is -3.38. The zero-order valence-corrected chi connectivity index (χ0v) is 13.6. The summed E-state index contributed by atoms with van der Waals surface area (Å²) in [5.41, 5.74) is 1.10. The van der Waals surface area contributed by atoms with Gasteiger partial charge in [0.1, 0.15) is 4.21 Å². The topological polar surface area (TPSA) is 64.0 Å². The summed E-state index contributed by atoms with van der Waals surface area (Å²) >= 11 is 4.46. The standard InChI is InChI=1S/C11H14BrN3O2S2/c1-9-7-13-15(8-9)6-2-5-14-19(16,17)11-4-3-10(12)18-11/h3-4,7-8,14H,2,5-6H2,1H3. The van der Waals surface area contributed by atoms with Gasteiger partial charge in [0.2, 0.25) is 10.0 Å². The number of hydrogen-bond acceptors (Lipinski definition) is 4. The maximum absolute atomic E-state index is 11.9. The molecule has 0 atom stereocenters. The molecule has 8 heteroatoms. The van der Waals surface area contributed by atoms with Gasteiger partial charge in [-0.05, 0) is 47.0 Å². The van der Waals surface area contributed by atoms with Crippen molar-refractivity contribution >= 4 is 37.3 Å². The van der Waals surface area contributed by atoms with Gasteiger partial charge >= 0.3 is 0 Å². The number of hydrogen-bond donors (Lipinski definition) is 1. The van der Waals surface area contributed by atoms with Crippen LogP contribution in [0.1, 0.15) is 12.0 Å². The van der Waals surface area contributed by atoms with Crippen molar-refractivity contribution in [3.63, 3.8) is 0 Å². The summed E-state index contributed by atoms with van der Waals surface area (Å²) in [6, 6.07) is 3.32. The third-order valence-corrected chi connectivity index (χ3v) is 6.01. The highest BCUT2D eigenvalue weighted by Crippen LogP contribution is 2.25. The summed E-state index contributed by atoms with van der Waals surface area (Å²) in [4.78, 5) is 0. The molecule has 5 nitrogen and oxygen atoms in total. The van der Waals surface area contributed by atoms with Crippen LogP contribution in [0.4, 0.5) is 0 Å². The zero-order valence-electron chi connectivity index (χ0n) is 10.3. The molecule has 0 radical (unpaired) electrons. The summed E-state index contributed by atoms with van der Waals surface area (Å²) in [6.07, 6.45) is 4.42. The molecule has 0 unspecified atom stereocenters. The van der Waals surface area contributed by atoms with Crippen LogP contribution in [0.15, 0.2) is 32.5 Å². The van der Waals surface area contributed by atoms with Crippen LogP contribution in [0.25, 0.3) is 0 Å². The van der Waals surface area contributed by atoms with E-state index in [9.17, 15) is 8.42 Å². The Labute approximate surface area is 124 Å². The van der Waals surface area contributed by atoms with E-state index in [4.69, 9.17) is 0 Å². The van der Waals surface area contributed by atoms with Crippen LogP contribution in [0, 0.1) is 6.92 Å². The maximum Gasteiger partial charge on any atom is 0.250 e. The van der Waals surface area contributed by atoms with Crippen molar-refractivity contribution in [1.82, 2.24) is 14.5 Å². The molecule has 0 aliphatic carbocycles. The Hall–Kier alpha value is -0.700. The van der Waals surface area contributed by atoms with Crippen LogP contribution in [-0.2, 0) is 16.6 Å². The fourth-order valence-corrected chi connectivity index (χ4v) is 4.68. The molecule has 0 saturated carbocycles. The first-order valence-electron chi connectivity index (χ1n) is 5.71. The van der Waals surface area contributed by atoms with Gasteiger partial charge in [-0.15, -0.1) is 11.3 Å². The van der Waals surface area contributed by atoms with Crippen molar-refractivity contribution in [3.05, 3.63) is 33.9 Å². The van der Waals surface area contributed by atoms with Gasteiger partial charge in [0.05, 0.1) is 9.98 Å². The number of aryl methyl sites for hydroxylation is 2. The number of aromatic nitrogens is 2. The second-order valence-corrected chi connectivity index (χ2v) is 8.55. The van der Waals surface area contributed by atoms with E-state index in [1.165, 1.54) is 11.3 Å².